The van der Waals surface area contributed by atoms with Crippen LogP contribution in [0, 0.1) is 0 Å². The Balaban J connectivity index is 1.65. The van der Waals surface area contributed by atoms with E-state index in [0.29, 0.717) is 29.3 Å². The summed E-state index contributed by atoms with van der Waals surface area (Å²) in [6.07, 6.45) is 0. The quantitative estimate of drug-likeness (QED) is 0.484. The average molecular weight is 479 g/mol. The first-order valence-electron chi connectivity index (χ1n) is 11.3. The molecule has 1 fully saturated rings. The number of hydrogen-bond acceptors (Lipinski definition) is 4. The van der Waals surface area contributed by atoms with E-state index in [9.17, 15) is 14.4 Å². The van der Waals surface area contributed by atoms with Crippen molar-refractivity contribution in [2.24, 2.45) is 0 Å². The van der Waals surface area contributed by atoms with Crippen molar-refractivity contribution in [3.05, 3.63) is 59.0 Å². The number of urea groups is 1. The molecule has 1 saturated heterocycles. The van der Waals surface area contributed by atoms with Crippen molar-refractivity contribution in [3.63, 3.8) is 0 Å². The van der Waals surface area contributed by atoms with E-state index in [-0.39, 0.29) is 17.2 Å². The minimum atomic E-state index is -0.984. The molecule has 0 atom stereocenters. The molecule has 0 bridgehead atoms. The van der Waals surface area contributed by atoms with Crippen molar-refractivity contribution in [3.8, 4) is 0 Å². The third-order valence-corrected chi connectivity index (χ3v) is 7.54. The van der Waals surface area contributed by atoms with Crippen LogP contribution in [-0.4, -0.2) is 41.4 Å². The van der Waals surface area contributed by atoms with E-state index in [0.717, 1.165) is 15.6 Å². The van der Waals surface area contributed by atoms with Gasteiger partial charge in [0.05, 0.1) is 11.3 Å². The number of benzene rings is 2. The number of carbonyl (C=O) groups excluding carboxylic acids is 3. The second-order valence-electron chi connectivity index (χ2n) is 9.98. The molecule has 2 aromatic carbocycles. The van der Waals surface area contributed by atoms with Gasteiger partial charge in [-0.15, -0.1) is 11.3 Å². The number of thiophene rings is 1. The summed E-state index contributed by atoms with van der Waals surface area (Å²) in [5.74, 6) is -0.464. The second kappa shape index (κ2) is 8.76. The van der Waals surface area contributed by atoms with Gasteiger partial charge >= 0.3 is 6.03 Å². The fourth-order valence-electron chi connectivity index (χ4n) is 4.00. The van der Waals surface area contributed by atoms with Crippen LogP contribution >= 0.6 is 11.3 Å². The van der Waals surface area contributed by atoms with Crippen LogP contribution in [0.1, 0.15) is 49.9 Å². The van der Waals surface area contributed by atoms with Crippen LogP contribution in [0.5, 0.6) is 0 Å². The maximum atomic E-state index is 13.6. The summed E-state index contributed by atoms with van der Waals surface area (Å²) in [5.41, 5.74) is -0.113. The lowest BCUT2D eigenvalue weighted by atomic mass is 9.93. The van der Waals surface area contributed by atoms with Gasteiger partial charge in [0.25, 0.3) is 5.91 Å². The molecule has 3 aromatic rings. The minimum Gasteiger partial charge on any atom is -0.352 e. The summed E-state index contributed by atoms with van der Waals surface area (Å²) in [7, 11) is 0. The summed E-state index contributed by atoms with van der Waals surface area (Å²) in [5, 5.41) is 11.0. The monoisotopic (exact) mass is 478 g/mol. The lowest BCUT2D eigenvalue weighted by molar-refractivity contribution is -0.133. The number of piperazine rings is 1. The first kappa shape index (κ1) is 23.8. The molecule has 1 aromatic heterocycles. The van der Waals surface area contributed by atoms with Crippen LogP contribution in [0.25, 0.3) is 10.8 Å². The van der Waals surface area contributed by atoms with Gasteiger partial charge in [0.15, 0.2) is 0 Å². The zero-order valence-electron chi connectivity index (χ0n) is 20.1. The van der Waals surface area contributed by atoms with Crippen molar-refractivity contribution in [1.29, 1.82) is 0 Å². The van der Waals surface area contributed by atoms with Crippen LogP contribution in [-0.2, 0) is 10.2 Å². The summed E-state index contributed by atoms with van der Waals surface area (Å²) in [6, 6.07) is 14.9. The first-order valence-corrected chi connectivity index (χ1v) is 12.1. The van der Waals surface area contributed by atoms with Gasteiger partial charge < -0.3 is 15.5 Å². The van der Waals surface area contributed by atoms with Crippen molar-refractivity contribution in [2.45, 2.75) is 45.6 Å². The molecule has 0 aliphatic carbocycles. The van der Waals surface area contributed by atoms with Crippen LogP contribution in [0.2, 0.25) is 0 Å². The van der Waals surface area contributed by atoms with Crippen molar-refractivity contribution < 1.29 is 14.4 Å². The molecule has 8 heteroatoms. The maximum Gasteiger partial charge on any atom is 0.324 e. The van der Waals surface area contributed by atoms with E-state index in [1.54, 1.807) is 18.7 Å². The number of fused-ring (bicyclic) bond motifs is 1. The van der Waals surface area contributed by atoms with Gasteiger partial charge in [-0.2, -0.15) is 0 Å². The van der Waals surface area contributed by atoms with Crippen molar-refractivity contribution in [2.75, 3.05) is 23.7 Å². The van der Waals surface area contributed by atoms with E-state index >= 15 is 0 Å². The van der Waals surface area contributed by atoms with E-state index in [1.165, 1.54) is 11.3 Å². The Kier molecular flexibility index (Phi) is 6.12. The van der Waals surface area contributed by atoms with Crippen molar-refractivity contribution >= 4 is 50.6 Å². The molecule has 34 heavy (non-hydrogen) atoms. The summed E-state index contributed by atoms with van der Waals surface area (Å²) < 4.78 is 0. The van der Waals surface area contributed by atoms with Crippen LogP contribution in [0.15, 0.2) is 48.5 Å². The largest absolute Gasteiger partial charge is 0.352 e. The molecule has 2 heterocycles. The smallest absolute Gasteiger partial charge is 0.324 e. The van der Waals surface area contributed by atoms with Gasteiger partial charge in [-0.05, 0) is 36.8 Å². The molecule has 4 amide bonds. The van der Waals surface area contributed by atoms with Gasteiger partial charge in [-0.3, -0.25) is 14.9 Å². The summed E-state index contributed by atoms with van der Waals surface area (Å²) in [4.78, 5) is 41.6. The standard InChI is InChI=1S/C26H30N4O3S/c1-25(2,3)20-15-18(22(31)30-14-13-27-23(32)26(30,4)5)21(34-20)29-24(33)28-19-12-8-10-16-9-6-7-11-17(16)19/h6-12,15H,13-14H2,1-5H3,(H,27,32)(H2,28,29,33). The van der Waals surface area contributed by atoms with Gasteiger partial charge in [0.1, 0.15) is 10.5 Å². The van der Waals surface area contributed by atoms with Crippen molar-refractivity contribution in [1.82, 2.24) is 10.2 Å². The summed E-state index contributed by atoms with van der Waals surface area (Å²) >= 11 is 1.38. The van der Waals surface area contributed by atoms with E-state index in [1.807, 2.05) is 48.5 Å². The molecular weight excluding hydrogens is 448 g/mol. The molecule has 0 unspecified atom stereocenters. The number of nitrogens with one attached hydrogen (secondary N) is 3. The Labute approximate surface area is 203 Å². The second-order valence-corrected chi connectivity index (χ2v) is 11.0. The molecule has 0 saturated carbocycles. The Bertz CT molecular complexity index is 1270. The van der Waals surface area contributed by atoms with Crippen LogP contribution < -0.4 is 16.0 Å². The number of carbonyl (C=O) groups is 3. The summed E-state index contributed by atoms with van der Waals surface area (Å²) in [6.45, 7) is 10.4. The lowest BCUT2D eigenvalue weighted by Crippen LogP contribution is -2.63. The lowest BCUT2D eigenvalue weighted by Gasteiger charge is -2.41. The maximum absolute atomic E-state index is 13.6. The first-order chi connectivity index (χ1) is 16.0. The molecule has 7 nitrogen and oxygen atoms in total. The third kappa shape index (κ3) is 4.50. The predicted molar refractivity (Wildman–Crippen MR) is 138 cm³/mol. The van der Waals surface area contributed by atoms with Gasteiger partial charge in [0.2, 0.25) is 5.91 Å². The van der Waals surface area contributed by atoms with Crippen LogP contribution in [0.3, 0.4) is 0 Å². The fourth-order valence-corrected chi connectivity index (χ4v) is 5.11. The molecule has 3 N–H and O–H groups in total. The minimum absolute atomic E-state index is 0.193. The van der Waals surface area contributed by atoms with Gasteiger partial charge in [-0.1, -0.05) is 57.2 Å². The van der Waals surface area contributed by atoms with Gasteiger partial charge in [-0.25, -0.2) is 4.79 Å². The molecule has 178 valence electrons. The number of anilines is 2. The highest BCUT2D eigenvalue weighted by molar-refractivity contribution is 7.16. The number of rotatable bonds is 3. The topological polar surface area (TPSA) is 90.5 Å². The van der Waals surface area contributed by atoms with Crippen LogP contribution in [0.4, 0.5) is 15.5 Å². The zero-order valence-corrected chi connectivity index (χ0v) is 20.9. The highest BCUT2D eigenvalue weighted by atomic mass is 32.1. The highest BCUT2D eigenvalue weighted by Gasteiger charge is 2.42. The molecular formula is C26H30N4O3S. The average Bonchev–Trinajstić information content (AvgIpc) is 3.19. The Morgan fingerprint density at radius 3 is 2.50 bits per heavy atom. The van der Waals surface area contributed by atoms with Gasteiger partial charge in [0, 0.05) is 23.4 Å². The van der Waals surface area contributed by atoms with E-state index < -0.39 is 11.6 Å². The predicted octanol–water partition coefficient (Wildman–Crippen LogP) is 5.19. The molecule has 1 aliphatic rings. The third-order valence-electron chi connectivity index (χ3n) is 6.06. The number of nitrogens with zero attached hydrogens (tertiary/aromatic N) is 1. The Morgan fingerprint density at radius 2 is 1.76 bits per heavy atom. The zero-order chi connectivity index (χ0) is 24.7. The normalized spacial score (nSPS) is 15.7. The Morgan fingerprint density at radius 1 is 1.06 bits per heavy atom. The molecule has 1 aliphatic heterocycles. The van der Waals surface area contributed by atoms with E-state index in [4.69, 9.17) is 0 Å². The highest BCUT2D eigenvalue weighted by Crippen LogP contribution is 2.38. The number of amides is 4. The fraction of sp³-hybridized carbons (Fsp3) is 0.346. The molecule has 0 radical (unpaired) electrons. The number of hydrogen-bond donors (Lipinski definition) is 3. The molecule has 4 rings (SSSR count). The molecule has 0 spiro atoms. The Hall–Kier alpha value is -3.39. The van der Waals surface area contributed by atoms with E-state index in [2.05, 4.69) is 36.7 Å². The SMILES string of the molecule is CC(C)(C)c1cc(C(=O)N2CCNC(=O)C2(C)C)c(NC(=O)Nc2cccc3ccccc23)s1.